The number of hydrogen-bond donors (Lipinski definition) is 0. The van der Waals surface area contributed by atoms with Gasteiger partial charge in [0.15, 0.2) is 0 Å². The van der Waals surface area contributed by atoms with E-state index in [1.165, 1.54) is 22.3 Å². The van der Waals surface area contributed by atoms with Gasteiger partial charge in [0.25, 0.3) is 0 Å². The lowest BCUT2D eigenvalue weighted by molar-refractivity contribution is 0.340. The molecule has 0 saturated heterocycles. The van der Waals surface area contributed by atoms with Crippen LogP contribution in [0.4, 0.5) is 0 Å². The molecule has 128 valence electrons. The lowest BCUT2D eigenvalue weighted by Crippen LogP contribution is -1.99. The lowest BCUT2D eigenvalue weighted by atomic mass is 9.94. The minimum Gasteiger partial charge on any atom is -0.494 e. The highest BCUT2D eigenvalue weighted by molar-refractivity contribution is 5.64. The Morgan fingerprint density at radius 2 is 1.48 bits per heavy atom. The van der Waals surface area contributed by atoms with Crippen LogP contribution in [0.3, 0.4) is 0 Å². The van der Waals surface area contributed by atoms with E-state index in [0.29, 0.717) is 12.5 Å². The van der Waals surface area contributed by atoms with Crippen LogP contribution >= 0.6 is 0 Å². The molecule has 0 radical (unpaired) electrons. The van der Waals surface area contributed by atoms with Crippen molar-refractivity contribution in [2.75, 3.05) is 6.61 Å². The number of ether oxygens (including phenoxy) is 1. The molecule has 3 aromatic rings. The Balaban J connectivity index is 1.76. The second kappa shape index (κ2) is 7.98. The van der Waals surface area contributed by atoms with Crippen molar-refractivity contribution in [1.29, 1.82) is 0 Å². The molecule has 2 nitrogen and oxygen atoms in total. The molecule has 0 bridgehead atoms. The van der Waals surface area contributed by atoms with Crippen molar-refractivity contribution in [3.05, 3.63) is 83.7 Å². The fourth-order valence-electron chi connectivity index (χ4n) is 2.95. The summed E-state index contributed by atoms with van der Waals surface area (Å²) in [5.41, 5.74) is 6.10. The summed E-state index contributed by atoms with van der Waals surface area (Å²) >= 11 is 0. The van der Waals surface area contributed by atoms with Crippen LogP contribution in [0.5, 0.6) is 5.75 Å². The summed E-state index contributed by atoms with van der Waals surface area (Å²) < 4.78 is 5.51. The van der Waals surface area contributed by atoms with Crippen LogP contribution in [0, 0.1) is 0 Å². The summed E-state index contributed by atoms with van der Waals surface area (Å²) in [4.78, 5) is 4.62. The van der Waals surface area contributed by atoms with Gasteiger partial charge in [-0.25, -0.2) is 0 Å². The van der Waals surface area contributed by atoms with Gasteiger partial charge in [0.1, 0.15) is 5.75 Å². The number of rotatable bonds is 6. The van der Waals surface area contributed by atoms with E-state index in [4.69, 9.17) is 4.74 Å². The van der Waals surface area contributed by atoms with Crippen LogP contribution in [0.1, 0.15) is 43.5 Å². The molecule has 1 heterocycles. The quantitative estimate of drug-likeness (QED) is 0.564. The Morgan fingerprint density at radius 3 is 2.00 bits per heavy atom. The molecule has 1 aromatic heterocycles. The largest absolute Gasteiger partial charge is 0.494 e. The van der Waals surface area contributed by atoms with Crippen molar-refractivity contribution in [3.63, 3.8) is 0 Å². The van der Waals surface area contributed by atoms with Gasteiger partial charge >= 0.3 is 0 Å². The van der Waals surface area contributed by atoms with Gasteiger partial charge in [0, 0.05) is 17.8 Å². The molecule has 0 spiro atoms. The SMILES string of the molecule is CCOc1ccc(-c2ccc(C(C)c3ccc(CC)cn3)cc2)cc1. The summed E-state index contributed by atoms with van der Waals surface area (Å²) in [5, 5.41) is 0. The third kappa shape index (κ3) is 4.08. The molecular weight excluding hydrogens is 306 g/mol. The van der Waals surface area contributed by atoms with Gasteiger partial charge < -0.3 is 4.74 Å². The van der Waals surface area contributed by atoms with E-state index in [0.717, 1.165) is 17.9 Å². The maximum atomic E-state index is 5.51. The molecule has 25 heavy (non-hydrogen) atoms. The number of aryl methyl sites for hydroxylation is 1. The van der Waals surface area contributed by atoms with E-state index in [2.05, 4.69) is 67.4 Å². The van der Waals surface area contributed by atoms with E-state index in [1.54, 1.807) is 0 Å². The molecule has 2 aromatic carbocycles. The normalized spacial score (nSPS) is 12.0. The molecule has 1 unspecified atom stereocenters. The van der Waals surface area contributed by atoms with Crippen molar-refractivity contribution in [2.45, 2.75) is 33.1 Å². The number of aromatic nitrogens is 1. The van der Waals surface area contributed by atoms with Crippen LogP contribution < -0.4 is 4.74 Å². The summed E-state index contributed by atoms with van der Waals surface area (Å²) in [7, 11) is 0. The molecule has 0 amide bonds. The predicted molar refractivity (Wildman–Crippen MR) is 104 cm³/mol. The highest BCUT2D eigenvalue weighted by atomic mass is 16.5. The first-order valence-corrected chi connectivity index (χ1v) is 8.99. The van der Waals surface area contributed by atoms with Crippen molar-refractivity contribution >= 4 is 0 Å². The molecule has 0 fully saturated rings. The molecule has 2 heteroatoms. The third-order valence-electron chi connectivity index (χ3n) is 4.61. The number of pyridine rings is 1. The summed E-state index contributed by atoms with van der Waals surface area (Å²) in [6, 6.07) is 21.3. The summed E-state index contributed by atoms with van der Waals surface area (Å²) in [6.45, 7) is 7.05. The molecule has 3 rings (SSSR count). The van der Waals surface area contributed by atoms with Crippen molar-refractivity contribution in [2.24, 2.45) is 0 Å². The molecule has 0 aliphatic heterocycles. The predicted octanol–water partition coefficient (Wildman–Crippen LogP) is 5.86. The van der Waals surface area contributed by atoms with Crippen LogP contribution in [-0.2, 0) is 6.42 Å². The Labute approximate surface area is 150 Å². The van der Waals surface area contributed by atoms with E-state index < -0.39 is 0 Å². The Kier molecular flexibility index (Phi) is 5.49. The average molecular weight is 331 g/mol. The van der Waals surface area contributed by atoms with Crippen LogP contribution in [-0.4, -0.2) is 11.6 Å². The summed E-state index contributed by atoms with van der Waals surface area (Å²) in [5.74, 6) is 1.21. The first kappa shape index (κ1) is 17.2. The third-order valence-corrected chi connectivity index (χ3v) is 4.61. The molecule has 1 atom stereocenters. The lowest BCUT2D eigenvalue weighted by Gasteiger charge is -2.13. The minimum atomic E-state index is 0.292. The Hall–Kier alpha value is -2.61. The molecule has 0 aliphatic rings. The van der Waals surface area contributed by atoms with Gasteiger partial charge in [-0.2, -0.15) is 0 Å². The van der Waals surface area contributed by atoms with Gasteiger partial charge in [-0.3, -0.25) is 4.98 Å². The maximum absolute atomic E-state index is 5.51. The second-order valence-electron chi connectivity index (χ2n) is 6.25. The smallest absolute Gasteiger partial charge is 0.119 e. The highest BCUT2D eigenvalue weighted by Gasteiger charge is 2.10. The zero-order chi connectivity index (χ0) is 17.6. The van der Waals surface area contributed by atoms with Gasteiger partial charge in [0.2, 0.25) is 0 Å². The zero-order valence-corrected chi connectivity index (χ0v) is 15.2. The topological polar surface area (TPSA) is 22.1 Å². The zero-order valence-electron chi connectivity index (χ0n) is 15.2. The Bertz CT molecular complexity index is 789. The molecular formula is C23H25NO. The number of nitrogens with zero attached hydrogens (tertiary/aromatic N) is 1. The van der Waals surface area contributed by atoms with Crippen molar-refractivity contribution < 1.29 is 4.74 Å². The monoisotopic (exact) mass is 331 g/mol. The average Bonchev–Trinajstić information content (AvgIpc) is 2.68. The van der Waals surface area contributed by atoms with E-state index in [1.807, 2.05) is 25.3 Å². The van der Waals surface area contributed by atoms with Crippen LogP contribution in [0.25, 0.3) is 11.1 Å². The van der Waals surface area contributed by atoms with Gasteiger partial charge in [0.05, 0.1) is 6.61 Å². The van der Waals surface area contributed by atoms with Gasteiger partial charge in [-0.1, -0.05) is 56.3 Å². The number of benzene rings is 2. The van der Waals surface area contributed by atoms with Gasteiger partial charge in [-0.15, -0.1) is 0 Å². The standard InChI is InChI=1S/C23H25NO/c1-4-18-6-15-23(24-16-18)17(3)19-7-9-20(10-8-19)21-11-13-22(14-12-21)25-5-2/h6-17H,4-5H2,1-3H3. The van der Waals surface area contributed by atoms with Crippen molar-refractivity contribution in [1.82, 2.24) is 4.98 Å². The van der Waals surface area contributed by atoms with Crippen molar-refractivity contribution in [3.8, 4) is 16.9 Å². The first-order chi connectivity index (χ1) is 12.2. The molecule has 0 saturated carbocycles. The maximum Gasteiger partial charge on any atom is 0.119 e. The highest BCUT2D eigenvalue weighted by Crippen LogP contribution is 2.27. The summed E-state index contributed by atoms with van der Waals surface area (Å²) in [6.07, 6.45) is 3.01. The van der Waals surface area contributed by atoms with E-state index >= 15 is 0 Å². The second-order valence-corrected chi connectivity index (χ2v) is 6.25. The fraction of sp³-hybridized carbons (Fsp3) is 0.261. The Morgan fingerprint density at radius 1 is 0.840 bits per heavy atom. The first-order valence-electron chi connectivity index (χ1n) is 8.99. The minimum absolute atomic E-state index is 0.292. The van der Waals surface area contributed by atoms with Crippen LogP contribution in [0.15, 0.2) is 66.9 Å². The van der Waals surface area contributed by atoms with E-state index in [-0.39, 0.29) is 0 Å². The molecule has 0 N–H and O–H groups in total. The fourth-order valence-corrected chi connectivity index (χ4v) is 2.95. The molecule has 0 aliphatic carbocycles. The van der Waals surface area contributed by atoms with E-state index in [9.17, 15) is 0 Å². The van der Waals surface area contributed by atoms with Gasteiger partial charge in [-0.05, 0) is 53.8 Å². The van der Waals surface area contributed by atoms with Crippen LogP contribution in [0.2, 0.25) is 0 Å². The number of hydrogen-bond acceptors (Lipinski definition) is 2.